The molecule has 16 heavy (non-hydrogen) atoms. The van der Waals surface area contributed by atoms with E-state index in [4.69, 9.17) is 4.74 Å². The zero-order valence-corrected chi connectivity index (χ0v) is 11.2. The van der Waals surface area contributed by atoms with Crippen molar-refractivity contribution in [3.63, 3.8) is 0 Å². The Hall–Kier alpha value is -0.640. The van der Waals surface area contributed by atoms with Crippen LogP contribution in [0.3, 0.4) is 0 Å². The molecule has 0 bridgehead atoms. The molecule has 0 atom stereocenters. The molecule has 0 aliphatic rings. The molecule has 0 heterocycles. The van der Waals surface area contributed by atoms with E-state index in [9.17, 15) is 8.78 Å². The van der Waals surface area contributed by atoms with Gasteiger partial charge in [0.1, 0.15) is 17.4 Å². The highest BCUT2D eigenvalue weighted by atomic mass is 79.9. The van der Waals surface area contributed by atoms with Gasteiger partial charge in [-0.15, -0.1) is 0 Å². The smallest absolute Gasteiger partial charge is 0.133 e. The minimum absolute atomic E-state index is 0.118. The number of halogens is 3. The van der Waals surface area contributed by atoms with Crippen LogP contribution in [0.25, 0.3) is 0 Å². The molecule has 0 aromatic heterocycles. The van der Waals surface area contributed by atoms with Crippen LogP contribution < -0.4 is 4.74 Å². The average Bonchev–Trinajstić information content (AvgIpc) is 2.15. The van der Waals surface area contributed by atoms with Gasteiger partial charge in [-0.3, -0.25) is 0 Å². The largest absolute Gasteiger partial charge is 0.497 e. The molecule has 1 rings (SSSR count). The third-order valence-electron chi connectivity index (χ3n) is 2.65. The Labute approximate surface area is 103 Å². The van der Waals surface area contributed by atoms with Gasteiger partial charge in [-0.05, 0) is 11.8 Å². The van der Waals surface area contributed by atoms with E-state index in [2.05, 4.69) is 15.9 Å². The number of benzene rings is 1. The molecule has 0 fully saturated rings. The maximum atomic E-state index is 13.8. The van der Waals surface area contributed by atoms with Gasteiger partial charge in [0.15, 0.2) is 0 Å². The number of methoxy groups -OCH3 is 1. The summed E-state index contributed by atoms with van der Waals surface area (Å²) in [4.78, 5) is 0. The summed E-state index contributed by atoms with van der Waals surface area (Å²) in [7, 11) is 1.39. The molecule has 0 spiro atoms. The molecule has 0 amide bonds. The first-order valence-electron chi connectivity index (χ1n) is 5.02. The van der Waals surface area contributed by atoms with Crippen molar-refractivity contribution in [2.75, 3.05) is 12.4 Å². The van der Waals surface area contributed by atoms with Gasteiger partial charge >= 0.3 is 0 Å². The Morgan fingerprint density at radius 3 is 2.12 bits per heavy atom. The van der Waals surface area contributed by atoms with Crippen LogP contribution in [0.15, 0.2) is 12.1 Å². The zero-order chi connectivity index (χ0) is 12.3. The van der Waals surface area contributed by atoms with Gasteiger partial charge in [0, 0.05) is 23.0 Å². The van der Waals surface area contributed by atoms with Gasteiger partial charge in [0.25, 0.3) is 0 Å². The van der Waals surface area contributed by atoms with Crippen molar-refractivity contribution in [1.82, 2.24) is 0 Å². The minimum atomic E-state index is -0.553. The van der Waals surface area contributed by atoms with Crippen LogP contribution in [-0.2, 0) is 5.41 Å². The summed E-state index contributed by atoms with van der Waals surface area (Å²) in [5.41, 5.74) is -0.419. The van der Waals surface area contributed by atoms with E-state index in [1.54, 1.807) is 0 Å². The van der Waals surface area contributed by atoms with Crippen molar-refractivity contribution in [3.8, 4) is 5.75 Å². The lowest BCUT2D eigenvalue weighted by Gasteiger charge is -2.25. The summed E-state index contributed by atoms with van der Waals surface area (Å²) in [6.45, 7) is 3.64. The van der Waals surface area contributed by atoms with Crippen molar-refractivity contribution < 1.29 is 13.5 Å². The van der Waals surface area contributed by atoms with E-state index >= 15 is 0 Å². The second-order valence-corrected chi connectivity index (χ2v) is 5.08. The number of ether oxygens (including phenoxy) is 1. The molecule has 4 heteroatoms. The van der Waals surface area contributed by atoms with E-state index in [-0.39, 0.29) is 11.3 Å². The van der Waals surface area contributed by atoms with Crippen molar-refractivity contribution in [2.45, 2.75) is 25.7 Å². The van der Waals surface area contributed by atoms with Gasteiger partial charge in [0.05, 0.1) is 7.11 Å². The standard InChI is InChI=1S/C12H15BrF2O/c1-12(2,4-5-13)11-9(14)6-8(16-3)7-10(11)15/h6-7H,4-5H2,1-3H3. The lowest BCUT2D eigenvalue weighted by molar-refractivity contribution is 0.394. The number of hydrogen-bond acceptors (Lipinski definition) is 1. The summed E-state index contributed by atoms with van der Waals surface area (Å²) >= 11 is 3.29. The molecule has 1 aromatic rings. The zero-order valence-electron chi connectivity index (χ0n) is 9.61. The topological polar surface area (TPSA) is 9.23 Å². The molecule has 0 saturated carbocycles. The second kappa shape index (κ2) is 5.13. The quantitative estimate of drug-likeness (QED) is 0.761. The maximum Gasteiger partial charge on any atom is 0.133 e. The lowest BCUT2D eigenvalue weighted by Crippen LogP contribution is -2.21. The third kappa shape index (κ3) is 2.73. The Morgan fingerprint density at radius 2 is 1.75 bits per heavy atom. The fraction of sp³-hybridized carbons (Fsp3) is 0.500. The first-order chi connectivity index (χ1) is 7.42. The summed E-state index contributed by atoms with van der Waals surface area (Å²) in [5, 5.41) is 0.699. The predicted molar refractivity (Wildman–Crippen MR) is 64.3 cm³/mol. The SMILES string of the molecule is COc1cc(F)c(C(C)(C)CCBr)c(F)c1. The Kier molecular flexibility index (Phi) is 4.30. The molecule has 0 saturated heterocycles. The molecule has 90 valence electrons. The minimum Gasteiger partial charge on any atom is -0.497 e. The highest BCUT2D eigenvalue weighted by Crippen LogP contribution is 2.34. The van der Waals surface area contributed by atoms with Crippen LogP contribution in [0.4, 0.5) is 8.78 Å². The van der Waals surface area contributed by atoms with Crippen LogP contribution in [0.2, 0.25) is 0 Å². The second-order valence-electron chi connectivity index (χ2n) is 4.29. The van der Waals surface area contributed by atoms with Crippen LogP contribution in [0.1, 0.15) is 25.8 Å². The summed E-state index contributed by atoms with van der Waals surface area (Å²) in [6, 6.07) is 2.43. The Bertz CT molecular complexity index is 354. The van der Waals surface area contributed by atoms with E-state index < -0.39 is 17.0 Å². The monoisotopic (exact) mass is 292 g/mol. The molecular formula is C12H15BrF2O. The third-order valence-corrected chi connectivity index (χ3v) is 3.04. The first kappa shape index (κ1) is 13.4. The molecule has 0 N–H and O–H groups in total. The van der Waals surface area contributed by atoms with E-state index in [0.717, 1.165) is 0 Å². The molecule has 1 aromatic carbocycles. The Morgan fingerprint density at radius 1 is 1.25 bits per heavy atom. The van der Waals surface area contributed by atoms with E-state index in [1.165, 1.54) is 19.2 Å². The van der Waals surface area contributed by atoms with Gasteiger partial charge in [-0.2, -0.15) is 0 Å². The predicted octanol–water partition coefficient (Wildman–Crippen LogP) is 4.04. The van der Waals surface area contributed by atoms with Gasteiger partial charge < -0.3 is 4.74 Å². The molecule has 0 aliphatic heterocycles. The highest BCUT2D eigenvalue weighted by Gasteiger charge is 2.27. The highest BCUT2D eigenvalue weighted by molar-refractivity contribution is 9.09. The van der Waals surface area contributed by atoms with Gasteiger partial charge in [-0.25, -0.2) is 8.78 Å². The normalized spacial score (nSPS) is 11.6. The Balaban J connectivity index is 3.23. The van der Waals surface area contributed by atoms with Crippen molar-refractivity contribution in [1.29, 1.82) is 0 Å². The van der Waals surface area contributed by atoms with Crippen LogP contribution in [-0.4, -0.2) is 12.4 Å². The van der Waals surface area contributed by atoms with Crippen molar-refractivity contribution in [3.05, 3.63) is 29.3 Å². The fourth-order valence-corrected chi connectivity index (χ4v) is 2.67. The first-order valence-corrected chi connectivity index (χ1v) is 6.14. The van der Waals surface area contributed by atoms with Crippen LogP contribution in [0.5, 0.6) is 5.75 Å². The number of rotatable bonds is 4. The van der Waals surface area contributed by atoms with Crippen molar-refractivity contribution in [2.24, 2.45) is 0 Å². The fourth-order valence-electron chi connectivity index (χ4n) is 1.68. The molecule has 0 aliphatic carbocycles. The maximum absolute atomic E-state index is 13.8. The number of hydrogen-bond donors (Lipinski definition) is 0. The molecule has 0 radical (unpaired) electrons. The number of alkyl halides is 1. The molecule has 1 nitrogen and oxygen atoms in total. The van der Waals surface area contributed by atoms with Gasteiger partial charge in [-0.1, -0.05) is 29.8 Å². The van der Waals surface area contributed by atoms with Crippen molar-refractivity contribution >= 4 is 15.9 Å². The van der Waals surface area contributed by atoms with Crippen LogP contribution in [0, 0.1) is 11.6 Å². The van der Waals surface area contributed by atoms with Crippen LogP contribution >= 0.6 is 15.9 Å². The average molecular weight is 293 g/mol. The molecular weight excluding hydrogens is 278 g/mol. The molecule has 0 unspecified atom stereocenters. The van der Waals surface area contributed by atoms with Gasteiger partial charge in [0.2, 0.25) is 0 Å². The lowest BCUT2D eigenvalue weighted by atomic mass is 9.81. The van der Waals surface area contributed by atoms with E-state index in [1.807, 2.05) is 13.8 Å². The summed E-state index contributed by atoms with van der Waals surface area (Å²) in [6.07, 6.45) is 0.660. The summed E-state index contributed by atoms with van der Waals surface area (Å²) < 4.78 is 32.4. The summed E-state index contributed by atoms with van der Waals surface area (Å²) in [5.74, 6) is -0.904. The van der Waals surface area contributed by atoms with E-state index in [0.29, 0.717) is 11.8 Å².